The molecule has 2 aromatic rings. The van der Waals surface area contributed by atoms with E-state index < -0.39 is 17.7 Å². The highest BCUT2D eigenvalue weighted by Gasteiger charge is 2.19. The molecule has 1 aromatic heterocycles. The van der Waals surface area contributed by atoms with Gasteiger partial charge in [-0.05, 0) is 19.1 Å². The second-order valence-corrected chi connectivity index (χ2v) is 4.81. The summed E-state index contributed by atoms with van der Waals surface area (Å²) in [6, 6.07) is 5.92. The van der Waals surface area contributed by atoms with Gasteiger partial charge in [0, 0.05) is 7.05 Å². The predicted octanol–water partition coefficient (Wildman–Crippen LogP) is 2.03. The topological polar surface area (TPSA) is 81.9 Å². The van der Waals surface area contributed by atoms with Gasteiger partial charge >= 0.3 is 5.97 Å². The minimum absolute atomic E-state index is 0.0222. The molecule has 0 bridgehead atoms. The molecule has 0 aliphatic carbocycles. The van der Waals surface area contributed by atoms with Gasteiger partial charge in [-0.1, -0.05) is 12.1 Å². The van der Waals surface area contributed by atoms with Crippen LogP contribution in [0.3, 0.4) is 0 Å². The zero-order valence-corrected chi connectivity index (χ0v) is 13.3. The molecule has 0 aliphatic heterocycles. The fourth-order valence-electron chi connectivity index (χ4n) is 1.84. The van der Waals surface area contributed by atoms with Crippen LogP contribution < -0.4 is 4.74 Å². The van der Waals surface area contributed by atoms with Gasteiger partial charge in [-0.25, -0.2) is 9.37 Å². The molecule has 0 spiro atoms. The second kappa shape index (κ2) is 8.09. The quantitative estimate of drug-likeness (QED) is 0.720. The Morgan fingerprint density at radius 2 is 2.08 bits per heavy atom. The van der Waals surface area contributed by atoms with Gasteiger partial charge in [0.15, 0.2) is 23.9 Å². The molecule has 1 heterocycles. The molecule has 1 amide bonds. The summed E-state index contributed by atoms with van der Waals surface area (Å²) in [6.07, 6.45) is 1.16. The number of hydrogen-bond acceptors (Lipinski definition) is 6. The third kappa shape index (κ3) is 4.55. The number of halogens is 1. The van der Waals surface area contributed by atoms with E-state index in [9.17, 15) is 14.0 Å². The first-order valence-corrected chi connectivity index (χ1v) is 7.24. The van der Waals surface area contributed by atoms with Crippen LogP contribution in [0.5, 0.6) is 5.75 Å². The zero-order chi connectivity index (χ0) is 17.5. The van der Waals surface area contributed by atoms with Crippen molar-refractivity contribution in [2.45, 2.75) is 13.5 Å². The van der Waals surface area contributed by atoms with Crippen molar-refractivity contribution in [3.05, 3.63) is 47.9 Å². The minimum Gasteiger partial charge on any atom is -0.481 e. The number of hydrogen-bond donors (Lipinski definition) is 0. The van der Waals surface area contributed by atoms with Crippen LogP contribution in [0.25, 0.3) is 0 Å². The fraction of sp³-hybridized carbons (Fsp3) is 0.312. The van der Waals surface area contributed by atoms with Crippen LogP contribution in [-0.2, 0) is 16.1 Å². The Kier molecular flexibility index (Phi) is 5.89. The van der Waals surface area contributed by atoms with Crippen molar-refractivity contribution in [1.29, 1.82) is 0 Å². The lowest BCUT2D eigenvalue weighted by molar-refractivity contribution is -0.143. The van der Waals surface area contributed by atoms with E-state index >= 15 is 0 Å². The number of oxazole rings is 1. The summed E-state index contributed by atoms with van der Waals surface area (Å²) >= 11 is 0. The van der Waals surface area contributed by atoms with E-state index in [1.807, 2.05) is 0 Å². The van der Waals surface area contributed by atoms with Crippen molar-refractivity contribution in [1.82, 2.24) is 9.88 Å². The molecule has 0 saturated carbocycles. The van der Waals surface area contributed by atoms with Crippen LogP contribution in [0.1, 0.15) is 23.3 Å². The van der Waals surface area contributed by atoms with Crippen molar-refractivity contribution in [3.63, 3.8) is 0 Å². The number of rotatable bonds is 7. The lowest BCUT2D eigenvalue weighted by Crippen LogP contribution is -2.33. The maximum Gasteiger partial charge on any atom is 0.325 e. The molecule has 0 unspecified atom stereocenters. The highest BCUT2D eigenvalue weighted by Crippen LogP contribution is 2.17. The lowest BCUT2D eigenvalue weighted by Gasteiger charge is -2.14. The number of amides is 1. The van der Waals surface area contributed by atoms with Crippen LogP contribution in [0, 0.1) is 5.82 Å². The molecule has 0 radical (unpaired) electrons. The van der Waals surface area contributed by atoms with Gasteiger partial charge in [0.1, 0.15) is 12.8 Å². The molecular formula is C16H17FN2O5. The van der Waals surface area contributed by atoms with Crippen molar-refractivity contribution >= 4 is 11.9 Å². The number of esters is 1. The first-order valence-electron chi connectivity index (χ1n) is 7.24. The normalized spacial score (nSPS) is 10.3. The average molecular weight is 336 g/mol. The van der Waals surface area contributed by atoms with Crippen molar-refractivity contribution in [3.8, 4) is 5.75 Å². The number of para-hydroxylation sites is 1. The number of benzene rings is 1. The summed E-state index contributed by atoms with van der Waals surface area (Å²) in [5.41, 5.74) is 0.0222. The SMILES string of the molecule is CCOC(=O)CN(C)C(=O)c1coc(COc2ccccc2F)n1. The molecule has 0 saturated heterocycles. The Morgan fingerprint density at radius 3 is 2.79 bits per heavy atom. The van der Waals surface area contributed by atoms with Crippen molar-refractivity contribution in [2.75, 3.05) is 20.2 Å². The van der Waals surface area contributed by atoms with Gasteiger partial charge < -0.3 is 18.8 Å². The van der Waals surface area contributed by atoms with Crippen LogP contribution in [-0.4, -0.2) is 42.0 Å². The molecule has 0 atom stereocenters. The number of carbonyl (C=O) groups excluding carboxylic acids is 2. The number of likely N-dealkylation sites (N-methyl/N-ethyl adjacent to an activating group) is 1. The first-order chi connectivity index (χ1) is 11.5. The smallest absolute Gasteiger partial charge is 0.325 e. The third-order valence-electron chi connectivity index (χ3n) is 2.98. The molecule has 0 fully saturated rings. The van der Waals surface area contributed by atoms with E-state index in [1.165, 1.54) is 19.2 Å². The van der Waals surface area contributed by atoms with Gasteiger partial charge in [-0.2, -0.15) is 0 Å². The largest absolute Gasteiger partial charge is 0.481 e. The van der Waals surface area contributed by atoms with Crippen LogP contribution in [0.2, 0.25) is 0 Å². The van der Waals surface area contributed by atoms with Crippen LogP contribution in [0.15, 0.2) is 34.9 Å². The highest BCUT2D eigenvalue weighted by atomic mass is 19.1. The van der Waals surface area contributed by atoms with E-state index in [-0.39, 0.29) is 37.1 Å². The molecule has 0 N–H and O–H groups in total. The highest BCUT2D eigenvalue weighted by molar-refractivity contribution is 5.93. The van der Waals surface area contributed by atoms with Gasteiger partial charge in [0.2, 0.25) is 5.89 Å². The van der Waals surface area contributed by atoms with E-state index in [4.69, 9.17) is 13.9 Å². The standard InChI is InChI=1S/C16H17FN2O5/c1-3-22-15(20)8-19(2)16(21)12-9-24-14(18-12)10-23-13-7-5-4-6-11(13)17/h4-7,9H,3,8,10H2,1-2H3. The molecule has 8 heteroatoms. The number of carbonyl (C=O) groups is 2. The third-order valence-corrected chi connectivity index (χ3v) is 2.98. The average Bonchev–Trinajstić information content (AvgIpc) is 3.02. The van der Waals surface area contributed by atoms with Gasteiger partial charge in [0.05, 0.1) is 6.61 Å². The summed E-state index contributed by atoms with van der Waals surface area (Å²) in [6.45, 7) is 1.60. The molecule has 7 nitrogen and oxygen atoms in total. The second-order valence-electron chi connectivity index (χ2n) is 4.81. The Labute approximate surface area is 138 Å². The van der Waals surface area contributed by atoms with Crippen molar-refractivity contribution in [2.24, 2.45) is 0 Å². The fourth-order valence-corrected chi connectivity index (χ4v) is 1.84. The Balaban J connectivity index is 1.93. The summed E-state index contributed by atoms with van der Waals surface area (Å²) < 4.78 is 28.6. The Morgan fingerprint density at radius 1 is 1.33 bits per heavy atom. The molecule has 24 heavy (non-hydrogen) atoms. The van der Waals surface area contributed by atoms with E-state index in [0.29, 0.717) is 0 Å². The van der Waals surface area contributed by atoms with Gasteiger partial charge in [0.25, 0.3) is 5.91 Å². The number of nitrogens with zero attached hydrogens (tertiary/aromatic N) is 2. The molecule has 0 aliphatic rings. The Bertz CT molecular complexity index is 716. The van der Waals surface area contributed by atoms with E-state index in [1.54, 1.807) is 19.1 Å². The maximum atomic E-state index is 13.4. The zero-order valence-electron chi connectivity index (χ0n) is 13.3. The number of ether oxygens (including phenoxy) is 2. The molecular weight excluding hydrogens is 319 g/mol. The first kappa shape index (κ1) is 17.5. The van der Waals surface area contributed by atoms with Gasteiger partial charge in [-0.3, -0.25) is 9.59 Å². The summed E-state index contributed by atoms with van der Waals surface area (Å²) in [7, 11) is 1.45. The van der Waals surface area contributed by atoms with Gasteiger partial charge in [-0.15, -0.1) is 0 Å². The molecule has 2 rings (SSSR count). The number of aromatic nitrogens is 1. The van der Waals surface area contributed by atoms with E-state index in [2.05, 4.69) is 4.98 Å². The summed E-state index contributed by atoms with van der Waals surface area (Å²) in [5.74, 6) is -1.34. The summed E-state index contributed by atoms with van der Waals surface area (Å²) in [5, 5.41) is 0. The molecule has 128 valence electrons. The molecule has 1 aromatic carbocycles. The lowest BCUT2D eigenvalue weighted by atomic mass is 10.3. The Hall–Kier alpha value is -2.90. The van der Waals surface area contributed by atoms with Crippen LogP contribution >= 0.6 is 0 Å². The summed E-state index contributed by atoms with van der Waals surface area (Å²) in [4.78, 5) is 28.6. The monoisotopic (exact) mass is 336 g/mol. The maximum absolute atomic E-state index is 13.4. The van der Waals surface area contributed by atoms with E-state index in [0.717, 1.165) is 11.2 Å². The van der Waals surface area contributed by atoms with Crippen LogP contribution in [0.4, 0.5) is 4.39 Å². The van der Waals surface area contributed by atoms with Crippen molar-refractivity contribution < 1.29 is 27.9 Å². The minimum atomic E-state index is -0.514. The predicted molar refractivity (Wildman–Crippen MR) is 80.8 cm³/mol.